The summed E-state index contributed by atoms with van der Waals surface area (Å²) < 4.78 is 10.9. The Morgan fingerprint density at radius 1 is 0.909 bits per heavy atom. The topological polar surface area (TPSA) is 99.4 Å². The van der Waals surface area contributed by atoms with Crippen LogP contribution in [0.15, 0.2) is 42.5 Å². The van der Waals surface area contributed by atoms with Gasteiger partial charge in [-0.05, 0) is 22.9 Å². The number of aliphatic hydroxyl groups is 4. The van der Waals surface area contributed by atoms with Gasteiger partial charge in [0.2, 0.25) is 6.29 Å². The van der Waals surface area contributed by atoms with E-state index in [0.29, 0.717) is 5.75 Å². The SMILES string of the molecule is OC[C@H]1OC(Oc2ccc3ccccc3c2)[C@H](O)[C@@H](O)[C@H]1O. The van der Waals surface area contributed by atoms with E-state index in [4.69, 9.17) is 14.6 Å². The fourth-order valence-electron chi connectivity index (χ4n) is 2.54. The molecule has 1 aliphatic rings. The van der Waals surface area contributed by atoms with Crippen molar-refractivity contribution in [2.45, 2.75) is 30.7 Å². The Kier molecular flexibility index (Phi) is 4.28. The molecule has 1 aliphatic heterocycles. The number of ether oxygens (including phenoxy) is 2. The van der Waals surface area contributed by atoms with Gasteiger partial charge in [0.15, 0.2) is 0 Å². The molecule has 1 unspecified atom stereocenters. The lowest BCUT2D eigenvalue weighted by Gasteiger charge is -2.39. The summed E-state index contributed by atoms with van der Waals surface area (Å²) in [6.45, 7) is -0.484. The van der Waals surface area contributed by atoms with Crippen molar-refractivity contribution in [1.82, 2.24) is 0 Å². The standard InChI is InChI=1S/C16H18O6/c17-8-12-13(18)14(19)15(20)16(22-12)21-11-6-5-9-3-1-2-4-10(9)7-11/h1-7,12-20H,8H2/t12-,13+,14+,15-,16?/m1/s1. The van der Waals surface area contributed by atoms with Gasteiger partial charge >= 0.3 is 0 Å². The normalized spacial score (nSPS) is 32.1. The molecule has 2 aromatic carbocycles. The molecule has 1 heterocycles. The number of rotatable bonds is 3. The molecular formula is C16H18O6. The molecule has 0 radical (unpaired) electrons. The first-order chi connectivity index (χ1) is 10.6. The Morgan fingerprint density at radius 2 is 1.64 bits per heavy atom. The van der Waals surface area contributed by atoms with Crippen LogP contribution in [0.4, 0.5) is 0 Å². The fourth-order valence-corrected chi connectivity index (χ4v) is 2.54. The van der Waals surface area contributed by atoms with Crippen molar-refractivity contribution in [3.8, 4) is 5.75 Å². The molecule has 4 N–H and O–H groups in total. The number of hydrogen-bond donors (Lipinski definition) is 4. The third-order valence-corrected chi connectivity index (χ3v) is 3.82. The second-order valence-electron chi connectivity index (χ2n) is 5.32. The Hall–Kier alpha value is -1.70. The largest absolute Gasteiger partial charge is 0.462 e. The van der Waals surface area contributed by atoms with E-state index < -0.39 is 37.3 Å². The van der Waals surface area contributed by atoms with Crippen molar-refractivity contribution in [1.29, 1.82) is 0 Å². The maximum Gasteiger partial charge on any atom is 0.229 e. The second-order valence-corrected chi connectivity index (χ2v) is 5.32. The maximum atomic E-state index is 9.95. The molecule has 118 valence electrons. The zero-order valence-electron chi connectivity index (χ0n) is 11.7. The average Bonchev–Trinajstić information content (AvgIpc) is 2.55. The van der Waals surface area contributed by atoms with Crippen LogP contribution < -0.4 is 4.74 Å². The summed E-state index contributed by atoms with van der Waals surface area (Å²) in [5.41, 5.74) is 0. The van der Waals surface area contributed by atoms with Crippen LogP contribution in [0.2, 0.25) is 0 Å². The minimum Gasteiger partial charge on any atom is -0.462 e. The third kappa shape index (κ3) is 2.79. The molecule has 22 heavy (non-hydrogen) atoms. The molecule has 1 saturated heterocycles. The van der Waals surface area contributed by atoms with Gasteiger partial charge in [-0.25, -0.2) is 0 Å². The van der Waals surface area contributed by atoms with Gasteiger partial charge in [0.25, 0.3) is 0 Å². The second kappa shape index (κ2) is 6.20. The fraction of sp³-hybridized carbons (Fsp3) is 0.375. The number of hydrogen-bond acceptors (Lipinski definition) is 6. The molecule has 0 saturated carbocycles. The van der Waals surface area contributed by atoms with Crippen molar-refractivity contribution in [3.63, 3.8) is 0 Å². The minimum atomic E-state index is -1.45. The molecule has 0 aromatic heterocycles. The van der Waals surface area contributed by atoms with E-state index >= 15 is 0 Å². The zero-order valence-corrected chi connectivity index (χ0v) is 11.7. The number of fused-ring (bicyclic) bond motifs is 1. The molecule has 5 atom stereocenters. The summed E-state index contributed by atoms with van der Waals surface area (Å²) in [7, 11) is 0. The zero-order chi connectivity index (χ0) is 15.7. The molecule has 1 fully saturated rings. The minimum absolute atomic E-state index is 0.461. The molecule has 0 aliphatic carbocycles. The molecule has 3 rings (SSSR count). The predicted octanol–water partition coefficient (Wildman–Crippen LogP) is 0.0185. The van der Waals surface area contributed by atoms with Crippen LogP contribution in [0, 0.1) is 0 Å². The van der Waals surface area contributed by atoms with Crippen LogP contribution in [0.25, 0.3) is 10.8 Å². The smallest absolute Gasteiger partial charge is 0.229 e. The van der Waals surface area contributed by atoms with Gasteiger partial charge in [-0.2, -0.15) is 0 Å². The summed E-state index contributed by atoms with van der Waals surface area (Å²) >= 11 is 0. The van der Waals surface area contributed by atoms with Crippen LogP contribution in [0.5, 0.6) is 5.75 Å². The van der Waals surface area contributed by atoms with Crippen molar-refractivity contribution < 1.29 is 29.9 Å². The Bertz CT molecular complexity index is 643. The van der Waals surface area contributed by atoms with E-state index in [9.17, 15) is 15.3 Å². The van der Waals surface area contributed by atoms with E-state index in [1.165, 1.54) is 0 Å². The Labute approximate surface area is 127 Å². The van der Waals surface area contributed by atoms with E-state index in [2.05, 4.69) is 0 Å². The maximum absolute atomic E-state index is 9.95. The lowest BCUT2D eigenvalue weighted by atomic mass is 9.99. The van der Waals surface area contributed by atoms with Crippen LogP contribution in [-0.4, -0.2) is 57.7 Å². The van der Waals surface area contributed by atoms with Gasteiger partial charge in [-0.1, -0.05) is 30.3 Å². The van der Waals surface area contributed by atoms with E-state index in [0.717, 1.165) is 10.8 Å². The lowest BCUT2D eigenvalue weighted by Crippen LogP contribution is -2.60. The molecule has 2 aromatic rings. The summed E-state index contributed by atoms with van der Waals surface area (Å²) in [5, 5.41) is 40.6. The van der Waals surface area contributed by atoms with Crippen molar-refractivity contribution in [2.24, 2.45) is 0 Å². The van der Waals surface area contributed by atoms with Gasteiger partial charge in [-0.3, -0.25) is 0 Å². The highest BCUT2D eigenvalue weighted by molar-refractivity contribution is 5.83. The van der Waals surface area contributed by atoms with Gasteiger partial charge < -0.3 is 29.9 Å². The first-order valence-corrected chi connectivity index (χ1v) is 7.06. The highest BCUT2D eigenvalue weighted by atomic mass is 16.7. The summed E-state index contributed by atoms with van der Waals surface area (Å²) in [4.78, 5) is 0. The number of benzene rings is 2. The molecule has 0 spiro atoms. The van der Waals surface area contributed by atoms with E-state index in [-0.39, 0.29) is 0 Å². The number of aliphatic hydroxyl groups excluding tert-OH is 4. The van der Waals surface area contributed by atoms with Gasteiger partial charge in [0.1, 0.15) is 30.2 Å². The van der Waals surface area contributed by atoms with Crippen LogP contribution in [0.3, 0.4) is 0 Å². The Morgan fingerprint density at radius 3 is 2.36 bits per heavy atom. The highest BCUT2D eigenvalue weighted by Gasteiger charge is 2.44. The van der Waals surface area contributed by atoms with Crippen molar-refractivity contribution in [2.75, 3.05) is 6.61 Å². The average molecular weight is 306 g/mol. The third-order valence-electron chi connectivity index (χ3n) is 3.82. The van der Waals surface area contributed by atoms with Gasteiger partial charge in [-0.15, -0.1) is 0 Å². The first-order valence-electron chi connectivity index (χ1n) is 7.06. The first kappa shape index (κ1) is 15.2. The van der Waals surface area contributed by atoms with Crippen LogP contribution in [-0.2, 0) is 4.74 Å². The van der Waals surface area contributed by atoms with Gasteiger partial charge in [0.05, 0.1) is 6.61 Å². The monoisotopic (exact) mass is 306 g/mol. The molecule has 0 amide bonds. The predicted molar refractivity (Wildman–Crippen MR) is 78.3 cm³/mol. The van der Waals surface area contributed by atoms with E-state index in [1.807, 2.05) is 30.3 Å². The Balaban J connectivity index is 1.80. The molecule has 0 bridgehead atoms. The van der Waals surface area contributed by atoms with Crippen molar-refractivity contribution in [3.05, 3.63) is 42.5 Å². The summed E-state index contributed by atoms with van der Waals surface area (Å²) in [5.74, 6) is 0.461. The van der Waals surface area contributed by atoms with Crippen molar-refractivity contribution >= 4 is 10.8 Å². The van der Waals surface area contributed by atoms with E-state index in [1.54, 1.807) is 12.1 Å². The lowest BCUT2D eigenvalue weighted by molar-refractivity contribution is -0.277. The van der Waals surface area contributed by atoms with Crippen LogP contribution in [0.1, 0.15) is 0 Å². The molecule has 6 heteroatoms. The quantitative estimate of drug-likeness (QED) is 0.638. The molecular weight excluding hydrogens is 288 g/mol. The van der Waals surface area contributed by atoms with Gasteiger partial charge in [0, 0.05) is 0 Å². The highest BCUT2D eigenvalue weighted by Crippen LogP contribution is 2.26. The van der Waals surface area contributed by atoms with Crippen LogP contribution >= 0.6 is 0 Å². The summed E-state index contributed by atoms with van der Waals surface area (Å²) in [6.07, 6.45) is -6.40. The molecule has 6 nitrogen and oxygen atoms in total. The summed E-state index contributed by atoms with van der Waals surface area (Å²) in [6, 6.07) is 13.1.